The number of halogens is 1. The quantitative estimate of drug-likeness (QED) is 0.113. The average Bonchev–Trinajstić information content (AvgIpc) is 3.66. The van der Waals surface area contributed by atoms with Gasteiger partial charge in [-0.05, 0) is 130 Å². The highest BCUT2D eigenvalue weighted by atomic mass is 79.9. The lowest BCUT2D eigenvalue weighted by Gasteiger charge is -2.32. The lowest BCUT2D eigenvalue weighted by atomic mass is 9.79. The van der Waals surface area contributed by atoms with Crippen LogP contribution in [0.25, 0.3) is 10.4 Å². The smallest absolute Gasteiger partial charge is 0.487 e. The van der Waals surface area contributed by atoms with Gasteiger partial charge < -0.3 is 39.4 Å². The predicted molar refractivity (Wildman–Crippen MR) is 217 cm³/mol. The number of ether oxygens (including phenoxy) is 2. The van der Waals surface area contributed by atoms with E-state index in [-0.39, 0.29) is 26.1 Å². The molecule has 8 nitrogen and oxygen atoms in total. The van der Waals surface area contributed by atoms with Crippen LogP contribution in [0.3, 0.4) is 0 Å². The van der Waals surface area contributed by atoms with Gasteiger partial charge in [0.2, 0.25) is 0 Å². The Morgan fingerprint density at radius 1 is 0.708 bits per heavy atom. The van der Waals surface area contributed by atoms with Crippen LogP contribution in [-0.2, 0) is 18.4 Å². The van der Waals surface area contributed by atoms with E-state index in [9.17, 15) is 9.13 Å². The van der Waals surface area contributed by atoms with Gasteiger partial charge in [0.15, 0.2) is 10.1 Å². The highest BCUT2D eigenvalue weighted by Crippen LogP contribution is 2.41. The summed E-state index contributed by atoms with van der Waals surface area (Å²) in [6.45, 7) is 14.9. The fraction of sp³-hybridized carbons (Fsp3) is 0.412. The third-order valence-corrected chi connectivity index (χ3v) is 13.4. The second kappa shape index (κ2) is 17.3. The Hall–Kier alpha value is -2.04. The molecule has 0 unspecified atom stereocenters. The summed E-state index contributed by atoms with van der Waals surface area (Å²) in [6.07, 6.45) is 0. The second-order valence-corrected chi connectivity index (χ2v) is 22.3. The van der Waals surface area contributed by atoms with Crippen molar-refractivity contribution in [2.75, 3.05) is 52.3 Å². The van der Waals surface area contributed by atoms with Crippen molar-refractivity contribution < 1.29 is 27.9 Å². The van der Waals surface area contributed by atoms with Gasteiger partial charge in [0.05, 0.1) is 29.2 Å². The minimum Gasteiger partial charge on any atom is -0.487 e. The van der Waals surface area contributed by atoms with E-state index in [4.69, 9.17) is 30.2 Å². The van der Waals surface area contributed by atoms with E-state index in [2.05, 4.69) is 15.9 Å². The van der Waals surface area contributed by atoms with Gasteiger partial charge in [0, 0.05) is 26.9 Å². The van der Waals surface area contributed by atoms with Crippen LogP contribution in [0, 0.1) is 0 Å². The molecule has 48 heavy (non-hydrogen) atoms. The molecule has 3 heterocycles. The number of hydrogen-bond acceptors (Lipinski definition) is 10. The molecule has 14 heteroatoms. The van der Waals surface area contributed by atoms with Gasteiger partial charge in [-0.1, -0.05) is 49.7 Å². The summed E-state index contributed by atoms with van der Waals surface area (Å²) in [5, 5.41) is 3.23. The second-order valence-electron chi connectivity index (χ2n) is 12.5. The maximum absolute atomic E-state index is 12.3. The highest BCUT2D eigenvalue weighted by molar-refractivity contribution is 9.11. The molecule has 5 rings (SSSR count). The molecule has 2 aromatic carbocycles. The summed E-state index contributed by atoms with van der Waals surface area (Å²) in [6, 6.07) is 19.0. The van der Waals surface area contributed by atoms with E-state index in [0.717, 1.165) is 35.1 Å². The molecule has 0 atom stereocenters. The molecule has 1 saturated heterocycles. The molecular weight excluding hydrogens is 749 g/mol. The first-order valence-electron chi connectivity index (χ1n) is 14.4. The van der Waals surface area contributed by atoms with Gasteiger partial charge in [-0.25, -0.2) is 0 Å². The lowest BCUT2D eigenvalue weighted by molar-refractivity contribution is 0.00578. The monoisotopic (exact) mass is 800 g/mol. The molecule has 2 aromatic heterocycles. The Labute approximate surface area is 304 Å². The molecule has 0 spiro atoms. The van der Waals surface area contributed by atoms with Crippen molar-refractivity contribution >= 4 is 87.5 Å². The molecule has 0 amide bonds. The number of nitrogens with two attached hydrogens (primary N) is 2. The lowest BCUT2D eigenvalue weighted by Crippen LogP contribution is -2.41. The minimum absolute atomic E-state index is 0. The standard InChI is InChI=1S/C14H23BNO3P.C13H16NO2PS.C5H5BrOS.2CH4/c1-13(2)14(3,4)19-15(18-13)10-7-8-11(16)12(9-10)20(5,6)17;1-16-13-7-6-12(18-13)9-4-5-10(14)11(8-9)17(2,3)15;1-7-5-3-2-4(6)8-5;;/h7-9H,16H2,1-6H3;4-8H,14H2,1-3H3;2-3H,1H3;2*1H4. The van der Waals surface area contributed by atoms with Crippen molar-refractivity contribution in [2.24, 2.45) is 0 Å². The summed E-state index contributed by atoms with van der Waals surface area (Å²) in [5.41, 5.74) is 14.1. The third kappa shape index (κ3) is 11.2. The van der Waals surface area contributed by atoms with Gasteiger partial charge in [0.1, 0.15) is 14.3 Å². The Kier molecular flexibility index (Phi) is 15.8. The van der Waals surface area contributed by atoms with Gasteiger partial charge >= 0.3 is 7.12 Å². The van der Waals surface area contributed by atoms with E-state index in [0.29, 0.717) is 16.7 Å². The van der Waals surface area contributed by atoms with Crippen LogP contribution in [0.15, 0.2) is 64.5 Å². The summed E-state index contributed by atoms with van der Waals surface area (Å²) >= 11 is 6.45. The van der Waals surface area contributed by atoms with Crippen molar-refractivity contribution in [2.45, 2.75) is 53.8 Å². The van der Waals surface area contributed by atoms with Crippen LogP contribution in [0.2, 0.25) is 0 Å². The Morgan fingerprint density at radius 2 is 1.17 bits per heavy atom. The number of nitrogen functional groups attached to an aromatic ring is 2. The summed E-state index contributed by atoms with van der Waals surface area (Å²) in [7, 11) is -1.92. The van der Waals surface area contributed by atoms with E-state index < -0.39 is 21.4 Å². The normalized spacial score (nSPS) is 14.7. The van der Waals surface area contributed by atoms with Crippen molar-refractivity contribution in [3.8, 4) is 20.6 Å². The zero-order valence-corrected chi connectivity index (χ0v) is 33.1. The number of rotatable bonds is 6. The maximum atomic E-state index is 12.3. The molecule has 266 valence electrons. The van der Waals surface area contributed by atoms with Crippen molar-refractivity contribution in [1.82, 2.24) is 0 Å². The zero-order chi connectivity index (χ0) is 34.7. The molecule has 1 aliphatic rings. The first-order valence-corrected chi connectivity index (χ1v) is 22.0. The number of benzene rings is 2. The Balaban J connectivity index is 0.000000380. The molecule has 0 bridgehead atoms. The van der Waals surface area contributed by atoms with Gasteiger partial charge in [-0.15, -0.1) is 0 Å². The number of methoxy groups -OCH3 is 2. The number of hydrogen-bond donors (Lipinski definition) is 2. The van der Waals surface area contributed by atoms with Crippen LogP contribution < -0.4 is 37.0 Å². The molecular formula is C34H52BBrN2O6P2S2. The zero-order valence-electron chi connectivity index (χ0n) is 28.0. The first kappa shape index (κ1) is 44.0. The van der Waals surface area contributed by atoms with E-state index in [1.54, 1.807) is 69.6 Å². The first-order chi connectivity index (χ1) is 21.2. The molecule has 4 N–H and O–H groups in total. The fourth-order valence-corrected chi connectivity index (χ4v) is 8.59. The van der Waals surface area contributed by atoms with E-state index in [1.165, 1.54) is 0 Å². The predicted octanol–water partition coefficient (Wildman–Crippen LogP) is 8.86. The summed E-state index contributed by atoms with van der Waals surface area (Å²) in [5.74, 6) is 0. The number of thiophene rings is 2. The van der Waals surface area contributed by atoms with E-state index >= 15 is 0 Å². The minimum atomic E-state index is -2.42. The average molecular weight is 802 g/mol. The van der Waals surface area contributed by atoms with Gasteiger partial charge in [-0.2, -0.15) is 0 Å². The van der Waals surface area contributed by atoms with Gasteiger partial charge in [-0.3, -0.25) is 0 Å². The third-order valence-electron chi connectivity index (χ3n) is 7.59. The highest BCUT2D eigenvalue weighted by Gasteiger charge is 2.51. The topological polar surface area (TPSA) is 123 Å². The van der Waals surface area contributed by atoms with Crippen LogP contribution in [-0.4, -0.2) is 59.2 Å². The van der Waals surface area contributed by atoms with Crippen molar-refractivity contribution in [3.05, 3.63) is 64.5 Å². The fourth-order valence-electron chi connectivity index (χ4n) is 4.31. The molecule has 4 aromatic rings. The molecule has 1 fully saturated rings. The summed E-state index contributed by atoms with van der Waals surface area (Å²) < 4.78 is 47.7. The van der Waals surface area contributed by atoms with E-state index in [1.807, 2.05) is 82.3 Å². The largest absolute Gasteiger partial charge is 0.494 e. The Morgan fingerprint density at radius 3 is 1.58 bits per heavy atom. The number of anilines is 2. The summed E-state index contributed by atoms with van der Waals surface area (Å²) in [4.78, 5) is 1.08. The molecule has 0 radical (unpaired) electrons. The van der Waals surface area contributed by atoms with Crippen molar-refractivity contribution in [3.63, 3.8) is 0 Å². The molecule has 0 aliphatic carbocycles. The molecule has 0 saturated carbocycles. The molecule has 1 aliphatic heterocycles. The van der Waals surface area contributed by atoms with Crippen LogP contribution in [0.4, 0.5) is 11.4 Å². The van der Waals surface area contributed by atoms with Crippen molar-refractivity contribution in [1.29, 1.82) is 0 Å². The van der Waals surface area contributed by atoms with Crippen LogP contribution >= 0.6 is 52.9 Å². The van der Waals surface area contributed by atoms with Gasteiger partial charge in [0.25, 0.3) is 0 Å². The maximum Gasteiger partial charge on any atom is 0.494 e. The Bertz CT molecular complexity index is 1730. The SMILES string of the molecule is C.C.CC1(C)OB(c2ccc(N)c(P(C)(C)=O)c2)OC1(C)C.COc1ccc(-c2ccc(N)c(P(C)(C)=O)c2)s1.COc1ccc(Br)s1. The van der Waals surface area contributed by atoms with Crippen LogP contribution in [0.1, 0.15) is 42.5 Å². The van der Waals surface area contributed by atoms with Crippen LogP contribution in [0.5, 0.6) is 10.1 Å².